The van der Waals surface area contributed by atoms with Crippen LogP contribution in [0.3, 0.4) is 0 Å². The highest BCUT2D eigenvalue weighted by molar-refractivity contribution is 9.10. The second-order valence-electron chi connectivity index (χ2n) is 4.73. The van der Waals surface area contributed by atoms with Gasteiger partial charge in [-0.25, -0.2) is 0 Å². The first-order valence-electron chi connectivity index (χ1n) is 6.26. The van der Waals surface area contributed by atoms with Gasteiger partial charge in [-0.15, -0.1) is 0 Å². The predicted octanol–water partition coefficient (Wildman–Crippen LogP) is 5.57. The molecule has 0 aliphatic rings. The van der Waals surface area contributed by atoms with Crippen molar-refractivity contribution in [3.63, 3.8) is 0 Å². The topological polar surface area (TPSA) is 32.9 Å². The van der Waals surface area contributed by atoms with Crippen LogP contribution < -0.4 is 5.43 Å². The molecule has 2 aromatic carbocycles. The number of pyridine rings is 1. The Kier molecular flexibility index (Phi) is 3.82. The molecule has 0 atom stereocenters. The lowest BCUT2D eigenvalue weighted by atomic mass is 10.0. The van der Waals surface area contributed by atoms with E-state index in [1.807, 2.05) is 30.3 Å². The first kappa shape index (κ1) is 14.6. The second-order valence-corrected chi connectivity index (χ2v) is 6.34. The number of H-pyrrole nitrogens is 1. The van der Waals surface area contributed by atoms with E-state index < -0.39 is 0 Å². The van der Waals surface area contributed by atoms with E-state index in [4.69, 9.17) is 23.2 Å². The molecule has 0 radical (unpaired) electrons. The summed E-state index contributed by atoms with van der Waals surface area (Å²) in [6.45, 7) is 1.80. The Morgan fingerprint density at radius 3 is 2.43 bits per heavy atom. The summed E-state index contributed by atoms with van der Waals surface area (Å²) in [4.78, 5) is 15.8. The van der Waals surface area contributed by atoms with Crippen molar-refractivity contribution in [2.24, 2.45) is 0 Å². The Bertz CT molecular complexity index is 904. The van der Waals surface area contributed by atoms with Gasteiger partial charge in [0.1, 0.15) is 0 Å². The molecule has 106 valence electrons. The average Bonchev–Trinajstić information content (AvgIpc) is 2.50. The molecule has 0 fully saturated rings. The largest absolute Gasteiger partial charge is 0.353 e. The number of hydrogen-bond acceptors (Lipinski definition) is 1. The van der Waals surface area contributed by atoms with E-state index in [0.29, 0.717) is 31.0 Å². The Morgan fingerprint density at radius 1 is 1.10 bits per heavy atom. The van der Waals surface area contributed by atoms with Crippen molar-refractivity contribution in [3.05, 3.63) is 66.7 Å². The lowest BCUT2D eigenvalue weighted by Gasteiger charge is -2.11. The fourth-order valence-corrected chi connectivity index (χ4v) is 3.27. The van der Waals surface area contributed by atoms with Gasteiger partial charge in [0.2, 0.25) is 0 Å². The van der Waals surface area contributed by atoms with Crippen LogP contribution in [0.25, 0.3) is 22.2 Å². The predicted molar refractivity (Wildman–Crippen MR) is 92.5 cm³/mol. The van der Waals surface area contributed by atoms with Crippen LogP contribution in [0.15, 0.2) is 45.7 Å². The summed E-state index contributed by atoms with van der Waals surface area (Å²) in [5, 5.41) is 1.26. The van der Waals surface area contributed by atoms with Gasteiger partial charge in [-0.05, 0) is 34.5 Å². The van der Waals surface area contributed by atoms with Crippen LogP contribution in [0, 0.1) is 6.92 Å². The molecule has 0 saturated carbocycles. The zero-order valence-corrected chi connectivity index (χ0v) is 14.1. The summed E-state index contributed by atoms with van der Waals surface area (Å²) in [6, 6.07) is 11.4. The van der Waals surface area contributed by atoms with Crippen molar-refractivity contribution in [1.82, 2.24) is 4.98 Å². The molecule has 0 amide bonds. The Morgan fingerprint density at radius 2 is 1.76 bits per heavy atom. The van der Waals surface area contributed by atoms with Gasteiger partial charge in [0.25, 0.3) is 0 Å². The maximum absolute atomic E-state index is 12.6. The molecule has 3 aromatic rings. The molecule has 1 aromatic heterocycles. The van der Waals surface area contributed by atoms with E-state index in [1.54, 1.807) is 13.0 Å². The third-order valence-corrected chi connectivity index (χ3v) is 5.16. The van der Waals surface area contributed by atoms with Crippen LogP contribution >= 0.6 is 39.1 Å². The molecular weight excluding hydrogens is 373 g/mol. The van der Waals surface area contributed by atoms with Crippen molar-refractivity contribution in [2.45, 2.75) is 6.92 Å². The second kappa shape index (κ2) is 5.48. The van der Waals surface area contributed by atoms with Gasteiger partial charge < -0.3 is 4.98 Å². The molecule has 21 heavy (non-hydrogen) atoms. The van der Waals surface area contributed by atoms with E-state index in [2.05, 4.69) is 20.9 Å². The Labute approximate surface area is 139 Å². The van der Waals surface area contributed by atoms with E-state index in [-0.39, 0.29) is 5.43 Å². The van der Waals surface area contributed by atoms with Gasteiger partial charge in [0.05, 0.1) is 21.3 Å². The summed E-state index contributed by atoms with van der Waals surface area (Å²) >= 11 is 15.7. The Hall–Kier alpha value is -1.29. The first-order chi connectivity index (χ1) is 10.0. The highest BCUT2D eigenvalue weighted by Crippen LogP contribution is 2.36. The third-order valence-electron chi connectivity index (χ3n) is 3.43. The highest BCUT2D eigenvalue weighted by atomic mass is 79.9. The number of aromatic amines is 1. The van der Waals surface area contributed by atoms with Crippen molar-refractivity contribution in [1.29, 1.82) is 0 Å². The smallest absolute Gasteiger partial charge is 0.193 e. The maximum atomic E-state index is 12.6. The first-order valence-corrected chi connectivity index (χ1v) is 7.81. The summed E-state index contributed by atoms with van der Waals surface area (Å²) in [6.07, 6.45) is 0. The van der Waals surface area contributed by atoms with Crippen molar-refractivity contribution in [3.8, 4) is 11.3 Å². The lowest BCUT2D eigenvalue weighted by molar-refractivity contribution is 1.30. The van der Waals surface area contributed by atoms with E-state index in [9.17, 15) is 4.79 Å². The van der Waals surface area contributed by atoms with Gasteiger partial charge in [0, 0.05) is 15.4 Å². The van der Waals surface area contributed by atoms with Crippen LogP contribution in [-0.2, 0) is 0 Å². The zero-order chi connectivity index (χ0) is 15.1. The molecule has 3 rings (SSSR count). The Balaban J connectivity index is 2.45. The lowest BCUT2D eigenvalue weighted by Crippen LogP contribution is -2.10. The number of halogens is 3. The van der Waals surface area contributed by atoms with Gasteiger partial charge >= 0.3 is 0 Å². The van der Waals surface area contributed by atoms with Crippen LogP contribution in [-0.4, -0.2) is 4.98 Å². The summed E-state index contributed by atoms with van der Waals surface area (Å²) in [7, 11) is 0. The maximum Gasteiger partial charge on any atom is 0.193 e. The van der Waals surface area contributed by atoms with Gasteiger partial charge in [-0.3, -0.25) is 4.79 Å². The van der Waals surface area contributed by atoms with Crippen LogP contribution in [0.1, 0.15) is 5.56 Å². The molecule has 1 N–H and O–H groups in total. The summed E-state index contributed by atoms with van der Waals surface area (Å²) < 4.78 is 0.610. The molecule has 0 aliphatic heterocycles. The van der Waals surface area contributed by atoms with E-state index in [0.717, 1.165) is 11.3 Å². The SMILES string of the molecule is Cc1c(-c2ccccc2)[nH]c2c(Cl)c(Cl)c(Br)cc2c1=O. The molecule has 5 heteroatoms. The van der Waals surface area contributed by atoms with Crippen molar-refractivity contribution < 1.29 is 0 Å². The molecular formula is C16H10BrCl2NO. The van der Waals surface area contributed by atoms with Crippen LogP contribution in [0.5, 0.6) is 0 Å². The minimum absolute atomic E-state index is 0.0538. The fraction of sp³-hybridized carbons (Fsp3) is 0.0625. The van der Waals surface area contributed by atoms with Gasteiger partial charge in [-0.1, -0.05) is 53.5 Å². The van der Waals surface area contributed by atoms with E-state index >= 15 is 0 Å². The molecule has 2 nitrogen and oxygen atoms in total. The molecule has 0 saturated heterocycles. The van der Waals surface area contributed by atoms with Gasteiger partial charge in [-0.2, -0.15) is 0 Å². The van der Waals surface area contributed by atoms with Crippen LogP contribution in [0.4, 0.5) is 0 Å². The van der Waals surface area contributed by atoms with E-state index in [1.165, 1.54) is 0 Å². The highest BCUT2D eigenvalue weighted by Gasteiger charge is 2.15. The molecule has 0 bridgehead atoms. The quantitative estimate of drug-likeness (QED) is 0.548. The van der Waals surface area contributed by atoms with Crippen LogP contribution in [0.2, 0.25) is 10.0 Å². The molecule has 1 heterocycles. The number of benzene rings is 2. The van der Waals surface area contributed by atoms with Crippen molar-refractivity contribution in [2.75, 3.05) is 0 Å². The molecule has 0 unspecified atom stereocenters. The summed E-state index contributed by atoms with van der Waals surface area (Å²) in [5.74, 6) is 0. The number of hydrogen-bond donors (Lipinski definition) is 1. The minimum atomic E-state index is -0.0538. The number of rotatable bonds is 1. The number of nitrogens with one attached hydrogen (secondary N) is 1. The number of aromatic nitrogens is 1. The van der Waals surface area contributed by atoms with Crippen molar-refractivity contribution >= 4 is 50.0 Å². The number of fused-ring (bicyclic) bond motifs is 1. The normalized spacial score (nSPS) is 11.0. The average molecular weight is 383 g/mol. The standard InChI is InChI=1S/C16H10BrCl2NO/c1-8-14(9-5-3-2-4-6-9)20-15-10(16(8)21)7-11(17)12(18)13(15)19/h2-7H,1H3,(H,20,21). The fourth-order valence-electron chi connectivity index (χ4n) is 2.32. The minimum Gasteiger partial charge on any atom is -0.353 e. The van der Waals surface area contributed by atoms with Gasteiger partial charge in [0.15, 0.2) is 5.43 Å². The zero-order valence-electron chi connectivity index (χ0n) is 11.0. The monoisotopic (exact) mass is 381 g/mol. The summed E-state index contributed by atoms with van der Waals surface area (Å²) in [5.41, 5.74) is 2.85. The molecule has 0 spiro atoms. The third kappa shape index (κ3) is 2.39. The molecule has 0 aliphatic carbocycles.